The van der Waals surface area contributed by atoms with E-state index in [0.717, 1.165) is 32.2 Å². The summed E-state index contributed by atoms with van der Waals surface area (Å²) < 4.78 is 8.60. The molecule has 0 radical (unpaired) electrons. The second kappa shape index (κ2) is 7.83. The number of anilines is 1. The molecule has 1 saturated heterocycles. The number of aliphatic hydroxyl groups excluding tert-OH is 2. The van der Waals surface area contributed by atoms with Crippen molar-refractivity contribution in [2.45, 2.75) is 44.3 Å². The molecule has 160 valence electrons. The van der Waals surface area contributed by atoms with Crippen molar-refractivity contribution >= 4 is 32.7 Å². The van der Waals surface area contributed by atoms with E-state index in [1.54, 1.807) is 4.57 Å². The average Bonchev–Trinajstić information content (AvgIpc) is 3.35. The number of fused-ring (bicyclic) bond motifs is 2. The summed E-state index contributed by atoms with van der Waals surface area (Å²) in [6.07, 6.45) is 1.22. The average molecular weight is 484 g/mol. The maximum atomic E-state index is 10.7. The van der Waals surface area contributed by atoms with Gasteiger partial charge in [0.2, 0.25) is 0 Å². The van der Waals surface area contributed by atoms with Crippen molar-refractivity contribution in [1.29, 1.82) is 0 Å². The first-order valence-electron chi connectivity index (χ1n) is 10.1. The quantitative estimate of drug-likeness (QED) is 0.408. The fourth-order valence-electron chi connectivity index (χ4n) is 4.14. The van der Waals surface area contributed by atoms with E-state index in [4.69, 9.17) is 10.5 Å². The molecule has 3 aliphatic rings. The number of nitrogens with zero attached hydrogens (tertiary/aromatic N) is 4. The van der Waals surface area contributed by atoms with E-state index >= 15 is 0 Å². The maximum Gasteiger partial charge on any atom is 0.164 e. The molecule has 4 N–H and O–H groups in total. The van der Waals surface area contributed by atoms with Crippen molar-refractivity contribution < 1.29 is 14.9 Å². The summed E-state index contributed by atoms with van der Waals surface area (Å²) in [5, 5.41) is 22.3. The standard InChI is InChI=1S/C22H22BrN5O3/c1-11-6-7-28(21-17(11)25-10-26-21)22-19(30)18(29)16(31-22)5-3-12-2-4-13-9-14(23)20(24)27-15(13)8-12/h2,4,6-10,16,18-19,22,29-30H,3,5H2,1H3,(H2,24,27)/t16-,18-,19-,22-/m1/s1. The lowest BCUT2D eigenvalue weighted by Gasteiger charge is -2.21. The second-order valence-corrected chi connectivity index (χ2v) is 8.77. The number of nitrogen functional groups attached to an aromatic ring is 1. The summed E-state index contributed by atoms with van der Waals surface area (Å²) in [5.41, 5.74) is 9.52. The van der Waals surface area contributed by atoms with Gasteiger partial charge in [-0.05, 0) is 65.0 Å². The zero-order valence-corrected chi connectivity index (χ0v) is 18.4. The van der Waals surface area contributed by atoms with Crippen LogP contribution >= 0.6 is 15.9 Å². The highest BCUT2D eigenvalue weighted by molar-refractivity contribution is 9.10. The Morgan fingerprint density at radius 1 is 1.16 bits per heavy atom. The lowest BCUT2D eigenvalue weighted by atomic mass is 10.0. The molecule has 0 spiro atoms. The van der Waals surface area contributed by atoms with Crippen molar-refractivity contribution in [3.63, 3.8) is 0 Å². The molecule has 1 fully saturated rings. The van der Waals surface area contributed by atoms with Crippen LogP contribution in [0.25, 0.3) is 22.4 Å². The minimum Gasteiger partial charge on any atom is -0.388 e. The number of aromatic nitrogens is 4. The fraction of sp³-hybridized carbons (Fsp3) is 0.318. The number of hydrogen-bond donors (Lipinski definition) is 3. The molecule has 0 bridgehead atoms. The molecule has 0 aliphatic carbocycles. The van der Waals surface area contributed by atoms with Crippen LogP contribution in [-0.4, -0.2) is 48.0 Å². The smallest absolute Gasteiger partial charge is 0.164 e. The van der Waals surface area contributed by atoms with Crippen LogP contribution in [0.5, 0.6) is 0 Å². The van der Waals surface area contributed by atoms with Gasteiger partial charge >= 0.3 is 0 Å². The summed E-state index contributed by atoms with van der Waals surface area (Å²) in [4.78, 5) is 13.0. The Morgan fingerprint density at radius 2 is 2.00 bits per heavy atom. The second-order valence-electron chi connectivity index (χ2n) is 7.92. The lowest BCUT2D eigenvalue weighted by Crippen LogP contribution is -2.32. The number of halogens is 1. The summed E-state index contributed by atoms with van der Waals surface area (Å²) in [7, 11) is 0. The third-order valence-electron chi connectivity index (χ3n) is 5.87. The minimum absolute atomic E-state index is 0.446. The van der Waals surface area contributed by atoms with Crippen molar-refractivity contribution in [3.05, 3.63) is 58.5 Å². The van der Waals surface area contributed by atoms with Crippen LogP contribution in [-0.2, 0) is 11.2 Å². The number of aliphatic hydroxyl groups is 2. The summed E-state index contributed by atoms with van der Waals surface area (Å²) in [5.74, 6) is 1.07. The van der Waals surface area contributed by atoms with Gasteiger partial charge in [-0.15, -0.1) is 0 Å². The highest BCUT2D eigenvalue weighted by Crippen LogP contribution is 2.35. The van der Waals surface area contributed by atoms with E-state index in [2.05, 4.69) is 30.9 Å². The van der Waals surface area contributed by atoms with Crippen LogP contribution in [0.3, 0.4) is 0 Å². The Morgan fingerprint density at radius 3 is 2.84 bits per heavy atom. The number of imidazole rings is 1. The molecule has 8 nitrogen and oxygen atoms in total. The predicted molar refractivity (Wildman–Crippen MR) is 119 cm³/mol. The molecule has 0 saturated carbocycles. The van der Waals surface area contributed by atoms with Crippen LogP contribution in [0.1, 0.15) is 23.8 Å². The monoisotopic (exact) mass is 483 g/mol. The van der Waals surface area contributed by atoms with E-state index in [0.29, 0.717) is 24.5 Å². The zero-order valence-electron chi connectivity index (χ0n) is 16.8. The molecule has 0 unspecified atom stereocenters. The van der Waals surface area contributed by atoms with Gasteiger partial charge in [0.25, 0.3) is 0 Å². The fourth-order valence-corrected chi connectivity index (χ4v) is 4.47. The minimum atomic E-state index is -1.06. The van der Waals surface area contributed by atoms with Crippen LogP contribution in [0, 0.1) is 6.92 Å². The number of benzene rings is 1. The van der Waals surface area contributed by atoms with Crippen molar-refractivity contribution in [2.75, 3.05) is 5.73 Å². The van der Waals surface area contributed by atoms with Gasteiger partial charge in [0.05, 0.1) is 16.1 Å². The highest BCUT2D eigenvalue weighted by Gasteiger charge is 2.44. The van der Waals surface area contributed by atoms with Crippen molar-refractivity contribution in [3.8, 4) is 11.5 Å². The Labute approximate surface area is 187 Å². The van der Waals surface area contributed by atoms with Gasteiger partial charge in [-0.25, -0.2) is 15.0 Å². The number of hydrogen-bond acceptors (Lipinski definition) is 7. The number of ether oxygens (including phenoxy) is 1. The summed E-state index contributed by atoms with van der Waals surface area (Å²) in [6.45, 7) is 1.95. The highest BCUT2D eigenvalue weighted by atomic mass is 79.9. The molecule has 4 heterocycles. The molecule has 31 heavy (non-hydrogen) atoms. The number of aryl methyl sites for hydroxylation is 2. The first kappa shape index (κ1) is 20.3. The Hall–Kier alpha value is -2.59. The van der Waals surface area contributed by atoms with Gasteiger partial charge in [-0.1, -0.05) is 12.1 Å². The van der Waals surface area contributed by atoms with Gasteiger partial charge in [0.15, 0.2) is 12.1 Å². The van der Waals surface area contributed by atoms with Gasteiger partial charge in [-0.2, -0.15) is 0 Å². The molecule has 5 rings (SSSR count). The van der Waals surface area contributed by atoms with E-state index in [1.807, 2.05) is 43.5 Å². The molecule has 1 aromatic carbocycles. The SMILES string of the molecule is Cc1ccn([C@@H]2O[C@H](CCc3ccc4cc(Br)c(N)nc4c3)[C@@H](O)[C@H]2O)c2ncnc1-2. The van der Waals surface area contributed by atoms with Crippen LogP contribution < -0.4 is 5.73 Å². The molecular weight excluding hydrogens is 462 g/mol. The van der Waals surface area contributed by atoms with E-state index < -0.39 is 24.5 Å². The molecule has 4 atom stereocenters. The molecule has 0 amide bonds. The number of nitrogens with two attached hydrogens (primary N) is 1. The van der Waals surface area contributed by atoms with E-state index in [1.165, 1.54) is 6.33 Å². The first-order valence-corrected chi connectivity index (χ1v) is 10.9. The van der Waals surface area contributed by atoms with Crippen molar-refractivity contribution in [2.24, 2.45) is 0 Å². The van der Waals surface area contributed by atoms with Gasteiger partial charge in [0.1, 0.15) is 30.0 Å². The maximum absolute atomic E-state index is 10.7. The van der Waals surface area contributed by atoms with Gasteiger partial charge in [0, 0.05) is 11.6 Å². The summed E-state index contributed by atoms with van der Waals surface area (Å²) in [6, 6.07) is 9.86. The van der Waals surface area contributed by atoms with Gasteiger partial charge < -0.3 is 25.3 Å². The molecule has 3 aliphatic heterocycles. The molecular formula is C22H22BrN5O3. The Balaban J connectivity index is 1.34. The van der Waals surface area contributed by atoms with Crippen LogP contribution in [0.4, 0.5) is 5.82 Å². The van der Waals surface area contributed by atoms with E-state index in [-0.39, 0.29) is 0 Å². The third-order valence-corrected chi connectivity index (χ3v) is 6.51. The summed E-state index contributed by atoms with van der Waals surface area (Å²) >= 11 is 3.40. The molecule has 2 aromatic rings. The Bertz CT molecular complexity index is 1230. The first-order chi connectivity index (χ1) is 14.9. The largest absolute Gasteiger partial charge is 0.388 e. The Kier molecular flexibility index (Phi) is 5.13. The number of rotatable bonds is 4. The zero-order chi connectivity index (χ0) is 21.7. The van der Waals surface area contributed by atoms with Crippen LogP contribution in [0.2, 0.25) is 0 Å². The lowest BCUT2D eigenvalue weighted by molar-refractivity contribution is -0.0385. The van der Waals surface area contributed by atoms with E-state index in [9.17, 15) is 10.2 Å². The molecule has 9 heteroatoms. The number of pyridine rings is 2. The molecule has 1 aromatic heterocycles. The van der Waals surface area contributed by atoms with Gasteiger partial charge in [-0.3, -0.25) is 0 Å². The third kappa shape index (κ3) is 3.57. The predicted octanol–water partition coefficient (Wildman–Crippen LogP) is 2.84. The normalized spacial score (nSPS) is 23.7. The van der Waals surface area contributed by atoms with Crippen molar-refractivity contribution in [1.82, 2.24) is 19.5 Å². The topological polar surface area (TPSA) is 119 Å². The van der Waals surface area contributed by atoms with Crippen LogP contribution in [0.15, 0.2) is 47.3 Å².